The number of nitrogens with one attached hydrogen (secondary N) is 1. The van der Waals surface area contributed by atoms with Gasteiger partial charge >= 0.3 is 5.69 Å². The molecule has 2 aromatic rings. The zero-order chi connectivity index (χ0) is 13.1. The fraction of sp³-hybridized carbons (Fsp3) is 0.100. The van der Waals surface area contributed by atoms with Gasteiger partial charge in [-0.3, -0.25) is 10.1 Å². The van der Waals surface area contributed by atoms with Crippen molar-refractivity contribution in [1.82, 2.24) is 4.98 Å². The highest BCUT2D eigenvalue weighted by molar-refractivity contribution is 7.15. The summed E-state index contributed by atoms with van der Waals surface area (Å²) in [5.41, 5.74) is -0.0880. The van der Waals surface area contributed by atoms with Gasteiger partial charge in [-0.05, 0) is 12.1 Å². The van der Waals surface area contributed by atoms with Gasteiger partial charge in [0.1, 0.15) is 0 Å². The lowest BCUT2D eigenvalue weighted by molar-refractivity contribution is -0.387. The second-order valence-corrected chi connectivity index (χ2v) is 5.05. The van der Waals surface area contributed by atoms with Crippen LogP contribution < -0.4 is 5.32 Å². The molecule has 1 heterocycles. The van der Waals surface area contributed by atoms with Gasteiger partial charge in [0.25, 0.3) is 0 Å². The van der Waals surface area contributed by atoms with Crippen LogP contribution in [-0.2, 0) is 6.54 Å². The molecule has 8 heteroatoms. The summed E-state index contributed by atoms with van der Waals surface area (Å²) in [6.07, 6.45) is 1.61. The fourth-order valence-corrected chi connectivity index (χ4v) is 2.23. The van der Waals surface area contributed by atoms with Crippen LogP contribution in [0.1, 0.15) is 4.88 Å². The minimum Gasteiger partial charge on any atom is -0.380 e. The van der Waals surface area contributed by atoms with Crippen molar-refractivity contribution in [3.05, 3.63) is 49.7 Å². The number of halogens is 2. The summed E-state index contributed by atoms with van der Waals surface area (Å²) >= 11 is 6.97. The zero-order valence-corrected chi connectivity index (χ0v) is 10.5. The monoisotopic (exact) mass is 287 g/mol. The quantitative estimate of drug-likeness (QED) is 0.691. The molecule has 0 aliphatic heterocycles. The third-order valence-electron chi connectivity index (χ3n) is 2.13. The second kappa shape index (κ2) is 5.28. The first kappa shape index (κ1) is 12.7. The number of thiazole rings is 1. The molecule has 1 aromatic heterocycles. The van der Waals surface area contributed by atoms with Crippen LogP contribution in [0.25, 0.3) is 0 Å². The Bertz CT molecular complexity index is 590. The highest BCUT2D eigenvalue weighted by atomic mass is 35.5. The molecule has 0 radical (unpaired) electrons. The summed E-state index contributed by atoms with van der Waals surface area (Å²) in [5, 5.41) is 13.5. The summed E-state index contributed by atoms with van der Waals surface area (Å²) in [4.78, 5) is 14.6. The van der Waals surface area contributed by atoms with Crippen LogP contribution >= 0.6 is 22.9 Å². The Hall–Kier alpha value is -1.73. The number of hydrogen-bond donors (Lipinski definition) is 1. The first-order chi connectivity index (χ1) is 8.56. The Kier molecular flexibility index (Phi) is 3.73. The highest BCUT2D eigenvalue weighted by Crippen LogP contribution is 2.23. The van der Waals surface area contributed by atoms with Gasteiger partial charge in [-0.25, -0.2) is 4.98 Å². The molecule has 0 amide bonds. The van der Waals surface area contributed by atoms with Crippen molar-refractivity contribution in [1.29, 1.82) is 0 Å². The van der Waals surface area contributed by atoms with E-state index in [9.17, 15) is 14.5 Å². The Balaban J connectivity index is 2.10. The molecule has 0 aliphatic rings. The molecular formula is C10H7ClFN3O2S. The molecule has 18 heavy (non-hydrogen) atoms. The van der Waals surface area contributed by atoms with Gasteiger partial charge in [-0.15, -0.1) is 11.3 Å². The molecule has 0 saturated carbocycles. The summed E-state index contributed by atoms with van der Waals surface area (Å²) in [5.74, 6) is -0.855. The molecule has 0 saturated heterocycles. The van der Waals surface area contributed by atoms with Crippen molar-refractivity contribution in [2.24, 2.45) is 0 Å². The third-order valence-corrected chi connectivity index (χ3v) is 3.25. The van der Waals surface area contributed by atoms with Gasteiger partial charge in [0, 0.05) is 22.8 Å². The average molecular weight is 288 g/mol. The molecule has 5 nitrogen and oxygen atoms in total. The van der Waals surface area contributed by atoms with Gasteiger partial charge in [-0.2, -0.15) is 4.39 Å². The molecule has 1 N–H and O–H groups in total. The number of nitrogens with zero attached hydrogens (tertiary/aromatic N) is 2. The van der Waals surface area contributed by atoms with E-state index in [2.05, 4.69) is 10.3 Å². The molecule has 0 spiro atoms. The van der Waals surface area contributed by atoms with E-state index in [-0.39, 0.29) is 0 Å². The van der Waals surface area contributed by atoms with E-state index in [4.69, 9.17) is 11.6 Å². The smallest absolute Gasteiger partial charge is 0.306 e. The van der Waals surface area contributed by atoms with Crippen molar-refractivity contribution in [3.8, 4) is 0 Å². The summed E-state index contributed by atoms with van der Waals surface area (Å²) in [7, 11) is 0. The van der Waals surface area contributed by atoms with E-state index in [0.717, 1.165) is 17.0 Å². The molecule has 2 rings (SSSR count). The number of anilines is 1. The normalized spacial score (nSPS) is 10.3. The highest BCUT2D eigenvalue weighted by Gasteiger charge is 2.14. The van der Waals surface area contributed by atoms with Crippen LogP contribution in [0.3, 0.4) is 0 Å². The number of benzene rings is 1. The summed E-state index contributed by atoms with van der Waals surface area (Å²) in [6, 6.07) is 3.64. The Morgan fingerprint density at radius 3 is 2.94 bits per heavy atom. The second-order valence-electron chi connectivity index (χ2n) is 3.36. The van der Waals surface area contributed by atoms with Crippen molar-refractivity contribution < 1.29 is 9.31 Å². The SMILES string of the molecule is O=[N+]([O-])c1cc(NCc2cnc(Cl)s2)ccc1F. The lowest BCUT2D eigenvalue weighted by atomic mass is 10.2. The third kappa shape index (κ3) is 2.93. The van der Waals surface area contributed by atoms with Crippen LogP contribution in [0.5, 0.6) is 0 Å². The Morgan fingerprint density at radius 1 is 1.56 bits per heavy atom. The number of aromatic nitrogens is 1. The molecule has 1 aromatic carbocycles. The Morgan fingerprint density at radius 2 is 2.33 bits per heavy atom. The van der Waals surface area contributed by atoms with E-state index in [1.165, 1.54) is 17.4 Å². The summed E-state index contributed by atoms with van der Waals surface area (Å²) < 4.78 is 13.5. The topological polar surface area (TPSA) is 68.1 Å². The maximum Gasteiger partial charge on any atom is 0.306 e. The van der Waals surface area contributed by atoms with Crippen molar-refractivity contribution in [2.45, 2.75) is 6.54 Å². The van der Waals surface area contributed by atoms with Crippen molar-refractivity contribution in [3.63, 3.8) is 0 Å². The number of nitro benzene ring substituents is 1. The van der Waals surface area contributed by atoms with Gasteiger partial charge in [0.05, 0.1) is 11.5 Å². The lowest BCUT2D eigenvalue weighted by Gasteiger charge is -2.04. The number of hydrogen-bond acceptors (Lipinski definition) is 5. The first-order valence-electron chi connectivity index (χ1n) is 4.84. The standard InChI is InChI=1S/C10H7ClFN3O2S/c11-10-14-5-7(18-10)4-13-6-1-2-8(12)9(3-6)15(16)17/h1-3,5,13H,4H2. The summed E-state index contributed by atoms with van der Waals surface area (Å²) in [6.45, 7) is 0.424. The van der Waals surface area contributed by atoms with E-state index in [1.807, 2.05) is 0 Å². The Labute approximate surface area is 110 Å². The van der Waals surface area contributed by atoms with Crippen molar-refractivity contribution >= 4 is 34.3 Å². The largest absolute Gasteiger partial charge is 0.380 e. The minimum absolute atomic E-state index is 0.424. The van der Waals surface area contributed by atoms with Crippen LogP contribution in [0.15, 0.2) is 24.4 Å². The van der Waals surface area contributed by atoms with Gasteiger partial charge in [0.15, 0.2) is 4.47 Å². The molecular weight excluding hydrogens is 281 g/mol. The maximum atomic E-state index is 13.1. The fourth-order valence-electron chi connectivity index (χ4n) is 1.32. The van der Waals surface area contributed by atoms with E-state index in [1.54, 1.807) is 6.20 Å². The van der Waals surface area contributed by atoms with E-state index < -0.39 is 16.4 Å². The maximum absolute atomic E-state index is 13.1. The van der Waals surface area contributed by atoms with Crippen LogP contribution in [-0.4, -0.2) is 9.91 Å². The number of nitro groups is 1. The first-order valence-corrected chi connectivity index (χ1v) is 6.04. The predicted octanol–water partition coefficient (Wildman–Crippen LogP) is 3.46. The lowest BCUT2D eigenvalue weighted by Crippen LogP contribution is -1.99. The van der Waals surface area contributed by atoms with Gasteiger partial charge in [-0.1, -0.05) is 11.6 Å². The molecule has 0 atom stereocenters. The molecule has 0 fully saturated rings. The molecule has 0 aliphatic carbocycles. The molecule has 0 unspecified atom stereocenters. The molecule has 0 bridgehead atoms. The zero-order valence-electron chi connectivity index (χ0n) is 8.89. The van der Waals surface area contributed by atoms with Crippen molar-refractivity contribution in [2.75, 3.05) is 5.32 Å². The van der Waals surface area contributed by atoms with Gasteiger partial charge < -0.3 is 5.32 Å². The van der Waals surface area contributed by atoms with E-state index in [0.29, 0.717) is 16.7 Å². The average Bonchev–Trinajstić information content (AvgIpc) is 2.74. The van der Waals surface area contributed by atoms with Crippen LogP contribution in [0.2, 0.25) is 4.47 Å². The predicted molar refractivity (Wildman–Crippen MR) is 67.5 cm³/mol. The minimum atomic E-state index is -0.855. The van der Waals surface area contributed by atoms with Crippen LogP contribution in [0.4, 0.5) is 15.8 Å². The number of rotatable bonds is 4. The van der Waals surface area contributed by atoms with Gasteiger partial charge in [0.2, 0.25) is 5.82 Å². The van der Waals surface area contributed by atoms with Crippen LogP contribution in [0, 0.1) is 15.9 Å². The molecule has 94 valence electrons. The van der Waals surface area contributed by atoms with E-state index >= 15 is 0 Å².